The minimum atomic E-state index is -0.309. The van der Waals surface area contributed by atoms with Crippen LogP contribution in [0.15, 0.2) is 18.2 Å². The van der Waals surface area contributed by atoms with E-state index in [2.05, 4.69) is 35.1 Å². The first kappa shape index (κ1) is 14.8. The number of carbonyl (C=O) groups excluding carboxylic acids is 1. The molecule has 5 heteroatoms. The Labute approximate surface area is 115 Å². The predicted octanol–water partition coefficient (Wildman–Crippen LogP) is 2.55. The van der Waals surface area contributed by atoms with Crippen molar-refractivity contribution in [3.63, 3.8) is 0 Å². The number of hydrogen-bond donors (Lipinski definition) is 2. The largest absolute Gasteiger partial charge is 0.504 e. The van der Waals surface area contributed by atoms with Crippen LogP contribution in [0.3, 0.4) is 0 Å². The normalized spacial score (nSPS) is 12.3. The molecule has 0 aliphatic carbocycles. The monoisotopic (exact) mass is 315 g/mol. The summed E-state index contributed by atoms with van der Waals surface area (Å²) >= 11 is 3.49. The Kier molecular flexibility index (Phi) is 5.47. The van der Waals surface area contributed by atoms with Gasteiger partial charge in [0, 0.05) is 11.4 Å². The van der Waals surface area contributed by atoms with Gasteiger partial charge in [-0.3, -0.25) is 4.79 Å². The van der Waals surface area contributed by atoms with E-state index in [9.17, 15) is 9.90 Å². The molecule has 0 saturated heterocycles. The maximum absolute atomic E-state index is 11.9. The van der Waals surface area contributed by atoms with E-state index in [0.717, 1.165) is 0 Å². The zero-order valence-electron chi connectivity index (χ0n) is 10.7. The van der Waals surface area contributed by atoms with E-state index < -0.39 is 0 Å². The van der Waals surface area contributed by atoms with Gasteiger partial charge in [-0.15, -0.1) is 0 Å². The first-order chi connectivity index (χ1) is 8.47. The summed E-state index contributed by atoms with van der Waals surface area (Å²) in [6.07, 6.45) is 0. The topological polar surface area (TPSA) is 58.6 Å². The van der Waals surface area contributed by atoms with Crippen LogP contribution in [-0.4, -0.2) is 29.5 Å². The number of alkyl halides is 1. The number of amides is 1. The number of ether oxygens (including phenoxy) is 1. The molecule has 1 aromatic rings. The minimum Gasteiger partial charge on any atom is -0.504 e. The van der Waals surface area contributed by atoms with Crippen LogP contribution < -0.4 is 10.1 Å². The van der Waals surface area contributed by atoms with Crippen molar-refractivity contribution in [2.24, 2.45) is 5.92 Å². The number of para-hydroxylation sites is 1. The Morgan fingerprint density at radius 3 is 2.72 bits per heavy atom. The summed E-state index contributed by atoms with van der Waals surface area (Å²) < 4.78 is 4.96. The molecule has 0 saturated carbocycles. The molecule has 0 fully saturated rings. The average Bonchev–Trinajstić information content (AvgIpc) is 2.35. The van der Waals surface area contributed by atoms with Crippen molar-refractivity contribution in [2.75, 3.05) is 13.7 Å². The number of methoxy groups -OCH3 is 1. The summed E-state index contributed by atoms with van der Waals surface area (Å²) in [5.41, 5.74) is 0.220. The zero-order chi connectivity index (χ0) is 13.7. The Bertz CT molecular complexity index is 421. The molecular formula is C13H18BrNO3. The van der Waals surface area contributed by atoms with Gasteiger partial charge in [0.1, 0.15) is 0 Å². The van der Waals surface area contributed by atoms with Crippen LogP contribution in [0.1, 0.15) is 24.2 Å². The van der Waals surface area contributed by atoms with Crippen molar-refractivity contribution in [3.8, 4) is 11.5 Å². The molecule has 0 aliphatic heterocycles. The lowest BCUT2D eigenvalue weighted by atomic mass is 10.1. The van der Waals surface area contributed by atoms with Gasteiger partial charge in [-0.25, -0.2) is 0 Å². The molecule has 0 radical (unpaired) electrons. The van der Waals surface area contributed by atoms with Gasteiger partial charge in [0.2, 0.25) is 0 Å². The molecule has 1 amide bonds. The Hall–Kier alpha value is -1.23. The van der Waals surface area contributed by atoms with Crippen molar-refractivity contribution in [3.05, 3.63) is 23.8 Å². The lowest BCUT2D eigenvalue weighted by Crippen LogP contribution is -2.31. The number of phenols is 1. The third-order valence-corrected chi connectivity index (χ3v) is 4.03. The van der Waals surface area contributed by atoms with E-state index in [1.165, 1.54) is 7.11 Å². The van der Waals surface area contributed by atoms with Crippen LogP contribution in [0.4, 0.5) is 0 Å². The van der Waals surface area contributed by atoms with E-state index in [-0.39, 0.29) is 22.0 Å². The summed E-state index contributed by atoms with van der Waals surface area (Å²) in [5.74, 6) is 0.274. The van der Waals surface area contributed by atoms with Gasteiger partial charge < -0.3 is 15.2 Å². The summed E-state index contributed by atoms with van der Waals surface area (Å²) in [6, 6.07) is 4.83. The number of rotatable bonds is 5. The molecular weight excluding hydrogens is 298 g/mol. The fourth-order valence-corrected chi connectivity index (χ4v) is 1.55. The third kappa shape index (κ3) is 3.63. The molecule has 1 rings (SSSR count). The molecule has 4 nitrogen and oxygen atoms in total. The lowest BCUT2D eigenvalue weighted by Gasteiger charge is -2.15. The van der Waals surface area contributed by atoms with Gasteiger partial charge in [-0.1, -0.05) is 35.8 Å². The number of aromatic hydroxyl groups is 1. The van der Waals surface area contributed by atoms with E-state index in [4.69, 9.17) is 4.74 Å². The van der Waals surface area contributed by atoms with Gasteiger partial charge in [-0.2, -0.15) is 0 Å². The van der Waals surface area contributed by atoms with Crippen molar-refractivity contribution < 1.29 is 14.6 Å². The molecule has 0 aliphatic rings. The molecule has 0 spiro atoms. The van der Waals surface area contributed by atoms with Gasteiger partial charge in [-0.05, 0) is 18.1 Å². The van der Waals surface area contributed by atoms with E-state index in [1.54, 1.807) is 18.2 Å². The highest BCUT2D eigenvalue weighted by Gasteiger charge is 2.16. The van der Waals surface area contributed by atoms with Crippen LogP contribution in [-0.2, 0) is 0 Å². The highest BCUT2D eigenvalue weighted by Crippen LogP contribution is 2.29. The number of phenolic OH excluding ortho intramolecular Hbond substituents is 1. The van der Waals surface area contributed by atoms with Crippen LogP contribution in [0.5, 0.6) is 11.5 Å². The van der Waals surface area contributed by atoms with Crippen molar-refractivity contribution in [2.45, 2.75) is 18.7 Å². The molecule has 0 heterocycles. The van der Waals surface area contributed by atoms with Crippen LogP contribution in [0, 0.1) is 5.92 Å². The summed E-state index contributed by atoms with van der Waals surface area (Å²) in [4.78, 5) is 12.1. The molecule has 100 valence electrons. The van der Waals surface area contributed by atoms with Crippen LogP contribution >= 0.6 is 15.9 Å². The number of carbonyl (C=O) groups is 1. The summed E-state index contributed by atoms with van der Waals surface area (Å²) in [7, 11) is 1.45. The Morgan fingerprint density at radius 1 is 1.50 bits per heavy atom. The Balaban J connectivity index is 2.73. The highest BCUT2D eigenvalue weighted by molar-refractivity contribution is 9.09. The fourth-order valence-electron chi connectivity index (χ4n) is 1.39. The molecule has 1 unspecified atom stereocenters. The van der Waals surface area contributed by atoms with Crippen LogP contribution in [0.25, 0.3) is 0 Å². The second-order valence-corrected chi connectivity index (χ2v) is 5.50. The standard InChI is InChI=1S/C13H18BrNO3/c1-8(2)10(14)7-15-13(17)9-5-4-6-11(18-3)12(9)16/h4-6,8,10,16H,7H2,1-3H3,(H,15,17). The first-order valence-electron chi connectivity index (χ1n) is 5.75. The molecule has 0 bridgehead atoms. The smallest absolute Gasteiger partial charge is 0.255 e. The zero-order valence-corrected chi connectivity index (χ0v) is 12.3. The average molecular weight is 316 g/mol. The third-order valence-electron chi connectivity index (χ3n) is 2.64. The summed E-state index contributed by atoms with van der Waals surface area (Å²) in [5, 5.41) is 12.6. The number of hydrogen-bond acceptors (Lipinski definition) is 3. The second-order valence-electron chi connectivity index (χ2n) is 4.33. The summed E-state index contributed by atoms with van der Waals surface area (Å²) in [6.45, 7) is 4.64. The van der Waals surface area contributed by atoms with Crippen LogP contribution in [0.2, 0.25) is 0 Å². The SMILES string of the molecule is COc1cccc(C(=O)NCC(Br)C(C)C)c1O. The van der Waals surface area contributed by atoms with E-state index in [1.807, 2.05) is 0 Å². The maximum atomic E-state index is 11.9. The van der Waals surface area contributed by atoms with E-state index in [0.29, 0.717) is 18.2 Å². The highest BCUT2D eigenvalue weighted by atomic mass is 79.9. The lowest BCUT2D eigenvalue weighted by molar-refractivity contribution is 0.0949. The van der Waals surface area contributed by atoms with Gasteiger partial charge in [0.15, 0.2) is 11.5 Å². The first-order valence-corrected chi connectivity index (χ1v) is 6.67. The van der Waals surface area contributed by atoms with Crippen molar-refractivity contribution >= 4 is 21.8 Å². The molecule has 1 aromatic carbocycles. The van der Waals surface area contributed by atoms with Gasteiger partial charge in [0.25, 0.3) is 5.91 Å². The quantitative estimate of drug-likeness (QED) is 0.821. The maximum Gasteiger partial charge on any atom is 0.255 e. The van der Waals surface area contributed by atoms with Gasteiger partial charge in [0.05, 0.1) is 12.7 Å². The fraction of sp³-hybridized carbons (Fsp3) is 0.462. The molecule has 0 aromatic heterocycles. The minimum absolute atomic E-state index is 0.131. The Morgan fingerprint density at radius 2 is 2.17 bits per heavy atom. The van der Waals surface area contributed by atoms with Crippen molar-refractivity contribution in [1.82, 2.24) is 5.32 Å². The molecule has 18 heavy (non-hydrogen) atoms. The van der Waals surface area contributed by atoms with Gasteiger partial charge >= 0.3 is 0 Å². The van der Waals surface area contributed by atoms with Crippen molar-refractivity contribution in [1.29, 1.82) is 0 Å². The number of benzene rings is 1. The number of halogens is 1. The van der Waals surface area contributed by atoms with E-state index >= 15 is 0 Å². The molecule has 1 atom stereocenters. The molecule has 2 N–H and O–H groups in total. The second kappa shape index (κ2) is 6.64. The number of nitrogens with one attached hydrogen (secondary N) is 1. The predicted molar refractivity (Wildman–Crippen MR) is 74.5 cm³/mol.